The molecule has 3 N–H and O–H groups in total. The predicted octanol–water partition coefficient (Wildman–Crippen LogP) is 2.63. The normalized spacial score (nSPS) is 19.6. The summed E-state index contributed by atoms with van der Waals surface area (Å²) in [4.78, 5) is 19.7. The Bertz CT molecular complexity index is 954. The van der Waals surface area contributed by atoms with Crippen molar-refractivity contribution in [2.45, 2.75) is 31.3 Å². The van der Waals surface area contributed by atoms with Gasteiger partial charge in [-0.25, -0.2) is 14.8 Å². The molecule has 1 fully saturated rings. The minimum atomic E-state index is -0.973. The Balaban J connectivity index is 1.50. The van der Waals surface area contributed by atoms with Gasteiger partial charge in [-0.15, -0.1) is 0 Å². The molecule has 0 unspecified atom stereocenters. The minimum Gasteiger partial charge on any atom is -0.465 e. The lowest BCUT2D eigenvalue weighted by atomic mass is 10.1. The zero-order valence-corrected chi connectivity index (χ0v) is 14.4. The molecule has 1 aliphatic carbocycles. The van der Waals surface area contributed by atoms with Crippen LogP contribution in [0.4, 0.5) is 10.7 Å². The smallest absolute Gasteiger partial charge is 0.404 e. The lowest BCUT2D eigenvalue weighted by Gasteiger charge is -2.14. The van der Waals surface area contributed by atoms with Crippen LogP contribution in [0, 0.1) is 0 Å². The Kier molecular flexibility index (Phi) is 4.16. The molecular weight excluding hydrogens is 332 g/mol. The maximum Gasteiger partial charge on any atom is 0.404 e. The number of nitrogens with one attached hydrogen (secondary N) is 2. The Labute approximate surface area is 150 Å². The number of carboxylic acid groups (broad SMARTS) is 1. The number of amides is 1. The molecule has 0 spiro atoms. The molecule has 1 amide bonds. The van der Waals surface area contributed by atoms with Gasteiger partial charge in [0.05, 0.1) is 11.2 Å². The fourth-order valence-electron chi connectivity index (χ4n) is 3.50. The molecule has 8 nitrogen and oxygen atoms in total. The van der Waals surface area contributed by atoms with Gasteiger partial charge in [0.2, 0.25) is 5.95 Å². The molecule has 0 radical (unpaired) electrons. The minimum absolute atomic E-state index is 0.0128. The third kappa shape index (κ3) is 3.44. The standard InChI is InChI=1S/C18H20N6O2/c1-24-10-12-8-11(2-5-16(12)23-24)15-6-7-19-17(22-15)20-13-3-4-14(9-13)21-18(25)26/h2,5-8,10,13-14,21H,3-4,9H2,1H3,(H,25,26)(H,19,20,22)/t13-,14-/m0/s1. The predicted molar refractivity (Wildman–Crippen MR) is 98.0 cm³/mol. The van der Waals surface area contributed by atoms with Crippen LogP contribution < -0.4 is 10.6 Å². The summed E-state index contributed by atoms with van der Waals surface area (Å²) in [7, 11) is 1.90. The molecule has 1 aromatic carbocycles. The van der Waals surface area contributed by atoms with Crippen LogP contribution in [0.3, 0.4) is 0 Å². The Morgan fingerprint density at radius 2 is 2.12 bits per heavy atom. The maximum absolute atomic E-state index is 10.8. The Morgan fingerprint density at radius 3 is 2.96 bits per heavy atom. The van der Waals surface area contributed by atoms with E-state index in [2.05, 4.69) is 31.8 Å². The summed E-state index contributed by atoms with van der Waals surface area (Å²) < 4.78 is 1.79. The Morgan fingerprint density at radius 1 is 1.27 bits per heavy atom. The number of anilines is 1. The van der Waals surface area contributed by atoms with Crippen molar-refractivity contribution in [3.05, 3.63) is 36.7 Å². The number of fused-ring (bicyclic) bond motifs is 1. The Hall–Kier alpha value is -3.16. The first-order valence-electron chi connectivity index (χ1n) is 8.59. The van der Waals surface area contributed by atoms with Gasteiger partial charge in [0.1, 0.15) is 0 Å². The summed E-state index contributed by atoms with van der Waals surface area (Å²) in [6.45, 7) is 0. The molecule has 0 bridgehead atoms. The van der Waals surface area contributed by atoms with Crippen molar-refractivity contribution in [1.29, 1.82) is 0 Å². The quantitative estimate of drug-likeness (QED) is 0.667. The summed E-state index contributed by atoms with van der Waals surface area (Å²) in [6, 6.07) is 8.09. The van der Waals surface area contributed by atoms with E-state index in [1.165, 1.54) is 0 Å². The van der Waals surface area contributed by atoms with Crippen LogP contribution >= 0.6 is 0 Å². The fraction of sp³-hybridized carbons (Fsp3) is 0.333. The zero-order valence-electron chi connectivity index (χ0n) is 14.4. The van der Waals surface area contributed by atoms with Crippen molar-refractivity contribution in [2.75, 3.05) is 5.32 Å². The van der Waals surface area contributed by atoms with E-state index in [0.29, 0.717) is 5.95 Å². The van der Waals surface area contributed by atoms with Crippen molar-refractivity contribution in [3.63, 3.8) is 0 Å². The fourth-order valence-corrected chi connectivity index (χ4v) is 3.50. The molecule has 1 aliphatic rings. The first-order valence-corrected chi connectivity index (χ1v) is 8.59. The number of benzene rings is 1. The van der Waals surface area contributed by atoms with E-state index in [0.717, 1.165) is 41.4 Å². The second kappa shape index (κ2) is 6.62. The van der Waals surface area contributed by atoms with E-state index < -0.39 is 6.09 Å². The van der Waals surface area contributed by atoms with Crippen molar-refractivity contribution >= 4 is 22.9 Å². The van der Waals surface area contributed by atoms with Crippen LogP contribution in [0.1, 0.15) is 19.3 Å². The molecule has 2 heterocycles. The van der Waals surface area contributed by atoms with Crippen molar-refractivity contribution in [1.82, 2.24) is 25.1 Å². The van der Waals surface area contributed by atoms with Crippen LogP contribution in [-0.4, -0.2) is 43.0 Å². The van der Waals surface area contributed by atoms with Gasteiger partial charge in [-0.05, 0) is 37.5 Å². The number of rotatable bonds is 4. The molecular formula is C18H20N6O2. The third-order valence-electron chi connectivity index (χ3n) is 4.66. The largest absolute Gasteiger partial charge is 0.465 e. The first-order chi connectivity index (χ1) is 12.6. The van der Waals surface area contributed by atoms with E-state index in [4.69, 9.17) is 5.11 Å². The molecule has 134 valence electrons. The third-order valence-corrected chi connectivity index (χ3v) is 4.66. The summed E-state index contributed by atoms with van der Waals surface area (Å²) >= 11 is 0. The van der Waals surface area contributed by atoms with Crippen LogP contribution in [0.15, 0.2) is 36.7 Å². The van der Waals surface area contributed by atoms with Gasteiger partial charge in [0, 0.05) is 42.5 Å². The van der Waals surface area contributed by atoms with E-state index in [1.807, 2.05) is 31.4 Å². The molecule has 26 heavy (non-hydrogen) atoms. The lowest BCUT2D eigenvalue weighted by molar-refractivity contribution is 0.190. The molecule has 2 atom stereocenters. The van der Waals surface area contributed by atoms with Crippen LogP contribution in [0.5, 0.6) is 0 Å². The van der Waals surface area contributed by atoms with E-state index >= 15 is 0 Å². The highest BCUT2D eigenvalue weighted by molar-refractivity contribution is 5.83. The van der Waals surface area contributed by atoms with Crippen molar-refractivity contribution in [3.8, 4) is 11.3 Å². The average Bonchev–Trinajstić information content (AvgIpc) is 3.19. The van der Waals surface area contributed by atoms with Gasteiger partial charge in [-0.1, -0.05) is 6.07 Å². The first kappa shape index (κ1) is 16.3. The van der Waals surface area contributed by atoms with Crippen LogP contribution in [0.2, 0.25) is 0 Å². The molecule has 1 saturated carbocycles. The van der Waals surface area contributed by atoms with E-state index in [9.17, 15) is 4.79 Å². The number of hydrogen-bond donors (Lipinski definition) is 3. The van der Waals surface area contributed by atoms with Gasteiger partial charge < -0.3 is 15.7 Å². The lowest BCUT2D eigenvalue weighted by Crippen LogP contribution is -2.32. The summed E-state index contributed by atoms with van der Waals surface area (Å²) in [5.74, 6) is 0.565. The number of aromatic nitrogens is 4. The second-order valence-corrected chi connectivity index (χ2v) is 6.64. The van der Waals surface area contributed by atoms with Crippen LogP contribution in [-0.2, 0) is 7.05 Å². The highest BCUT2D eigenvalue weighted by atomic mass is 16.4. The van der Waals surface area contributed by atoms with Gasteiger partial charge in [-0.3, -0.25) is 4.68 Å². The van der Waals surface area contributed by atoms with E-state index in [-0.39, 0.29) is 12.1 Å². The molecule has 0 aliphatic heterocycles. The van der Waals surface area contributed by atoms with Gasteiger partial charge in [-0.2, -0.15) is 5.10 Å². The highest BCUT2D eigenvalue weighted by Crippen LogP contribution is 2.25. The topological polar surface area (TPSA) is 105 Å². The van der Waals surface area contributed by atoms with Gasteiger partial charge in [0.25, 0.3) is 0 Å². The van der Waals surface area contributed by atoms with Gasteiger partial charge in [0.15, 0.2) is 0 Å². The molecule has 3 aromatic rings. The van der Waals surface area contributed by atoms with E-state index in [1.54, 1.807) is 10.9 Å². The monoisotopic (exact) mass is 352 g/mol. The summed E-state index contributed by atoms with van der Waals surface area (Å²) in [5, 5.41) is 20.1. The molecule has 2 aromatic heterocycles. The highest BCUT2D eigenvalue weighted by Gasteiger charge is 2.26. The number of nitrogens with zero attached hydrogens (tertiary/aromatic N) is 4. The average molecular weight is 352 g/mol. The molecule has 0 saturated heterocycles. The number of hydrogen-bond acceptors (Lipinski definition) is 5. The SMILES string of the molecule is Cn1cc2cc(-c3ccnc(N[C@H]4CC[C@H](NC(=O)O)C4)n3)ccc2n1. The summed E-state index contributed by atoms with van der Waals surface area (Å²) in [5.41, 5.74) is 2.80. The molecule has 8 heteroatoms. The van der Waals surface area contributed by atoms with Crippen LogP contribution in [0.25, 0.3) is 22.2 Å². The van der Waals surface area contributed by atoms with Crippen molar-refractivity contribution in [2.24, 2.45) is 7.05 Å². The number of aryl methyl sites for hydroxylation is 1. The molecule has 4 rings (SSSR count). The summed E-state index contributed by atoms with van der Waals surface area (Å²) in [6.07, 6.45) is 5.19. The number of carbonyl (C=O) groups is 1. The van der Waals surface area contributed by atoms with Crippen molar-refractivity contribution < 1.29 is 9.90 Å². The maximum atomic E-state index is 10.8. The second-order valence-electron chi connectivity index (χ2n) is 6.64. The van der Waals surface area contributed by atoms with Gasteiger partial charge >= 0.3 is 6.09 Å². The zero-order chi connectivity index (χ0) is 18.1.